The zero-order chi connectivity index (χ0) is 19.4. The highest BCUT2D eigenvalue weighted by Gasteiger charge is 2.50. The lowest BCUT2D eigenvalue weighted by atomic mass is 9.83. The largest absolute Gasteiger partial charge is 0.340 e. The Morgan fingerprint density at radius 1 is 1.26 bits per heavy atom. The molecule has 0 aromatic heterocycles. The third-order valence-corrected chi connectivity index (χ3v) is 8.38. The van der Waals surface area contributed by atoms with E-state index in [9.17, 15) is 14.0 Å². The van der Waals surface area contributed by atoms with Crippen LogP contribution in [0.5, 0.6) is 0 Å². The van der Waals surface area contributed by atoms with E-state index in [1.807, 2.05) is 6.92 Å². The number of hydrogen-bond donors (Lipinski definition) is 1. The predicted octanol–water partition coefficient (Wildman–Crippen LogP) is 3.14. The SMILES string of the molecule is CC(C)(F)C(=O)N1CCC(C2(C)SC(=N[C@H]3C[C@@H]4CCC3C4)NC2=O)CC1. The van der Waals surface area contributed by atoms with Gasteiger partial charge in [0, 0.05) is 13.1 Å². The van der Waals surface area contributed by atoms with E-state index in [2.05, 4.69) is 5.32 Å². The second-order valence-corrected chi connectivity index (χ2v) is 10.8. The van der Waals surface area contributed by atoms with Crippen molar-refractivity contribution < 1.29 is 14.0 Å². The first-order valence-electron chi connectivity index (χ1n) is 10.2. The third-order valence-electron chi connectivity index (χ3n) is 7.03. The second-order valence-electron chi connectivity index (χ2n) is 9.38. The van der Waals surface area contributed by atoms with Gasteiger partial charge in [0.1, 0.15) is 4.75 Å². The van der Waals surface area contributed by atoms with Gasteiger partial charge in [-0.25, -0.2) is 4.39 Å². The van der Waals surface area contributed by atoms with Gasteiger partial charge in [0.25, 0.3) is 5.91 Å². The number of alkyl halides is 1. The highest BCUT2D eigenvalue weighted by atomic mass is 32.2. The lowest BCUT2D eigenvalue weighted by molar-refractivity contribution is -0.143. The van der Waals surface area contributed by atoms with Gasteiger partial charge in [-0.05, 0) is 70.6 Å². The molecule has 2 saturated carbocycles. The molecular weight excluding hydrogens is 365 g/mol. The van der Waals surface area contributed by atoms with Crippen LogP contribution in [-0.4, -0.2) is 51.4 Å². The topological polar surface area (TPSA) is 61.8 Å². The van der Waals surface area contributed by atoms with E-state index >= 15 is 0 Å². The first-order chi connectivity index (χ1) is 12.7. The van der Waals surface area contributed by atoms with Gasteiger partial charge in [-0.3, -0.25) is 14.6 Å². The molecule has 2 aliphatic carbocycles. The van der Waals surface area contributed by atoms with Crippen LogP contribution < -0.4 is 5.32 Å². The number of fused-ring (bicyclic) bond motifs is 2. The van der Waals surface area contributed by atoms with Crippen molar-refractivity contribution in [1.29, 1.82) is 0 Å². The first kappa shape index (κ1) is 19.2. The molecule has 4 fully saturated rings. The predicted molar refractivity (Wildman–Crippen MR) is 105 cm³/mol. The highest BCUT2D eigenvalue weighted by molar-refractivity contribution is 8.16. The fourth-order valence-corrected chi connectivity index (χ4v) is 6.63. The van der Waals surface area contributed by atoms with Crippen LogP contribution in [0.2, 0.25) is 0 Å². The van der Waals surface area contributed by atoms with E-state index in [0.29, 0.717) is 25.0 Å². The first-order valence-corrected chi connectivity index (χ1v) is 11.0. The summed E-state index contributed by atoms with van der Waals surface area (Å²) in [6.45, 7) is 5.64. The number of likely N-dealkylation sites (tertiary alicyclic amines) is 1. The van der Waals surface area contributed by atoms with Crippen LogP contribution in [0.15, 0.2) is 4.99 Å². The van der Waals surface area contributed by atoms with Crippen molar-refractivity contribution >= 4 is 28.7 Å². The summed E-state index contributed by atoms with van der Waals surface area (Å²) in [7, 11) is 0. The Hall–Kier alpha value is -1.11. The molecule has 5 nitrogen and oxygen atoms in total. The molecule has 4 atom stereocenters. The molecule has 27 heavy (non-hydrogen) atoms. The van der Waals surface area contributed by atoms with E-state index in [0.717, 1.165) is 23.9 Å². The van der Waals surface area contributed by atoms with E-state index in [1.54, 1.807) is 16.7 Å². The van der Waals surface area contributed by atoms with E-state index in [1.165, 1.54) is 39.5 Å². The molecule has 1 N–H and O–H groups in total. The Bertz CT molecular complexity index is 669. The molecule has 4 rings (SSSR count). The molecule has 0 aromatic rings. The van der Waals surface area contributed by atoms with Crippen molar-refractivity contribution in [3.05, 3.63) is 0 Å². The van der Waals surface area contributed by atoms with Gasteiger partial charge in [-0.15, -0.1) is 0 Å². The van der Waals surface area contributed by atoms with Crippen molar-refractivity contribution in [2.45, 2.75) is 75.8 Å². The monoisotopic (exact) mass is 395 g/mol. The summed E-state index contributed by atoms with van der Waals surface area (Å²) in [5.41, 5.74) is -1.84. The van der Waals surface area contributed by atoms with Crippen molar-refractivity contribution in [1.82, 2.24) is 10.2 Å². The van der Waals surface area contributed by atoms with Gasteiger partial charge < -0.3 is 10.2 Å². The average molecular weight is 396 g/mol. The van der Waals surface area contributed by atoms with Crippen LogP contribution in [0.3, 0.4) is 0 Å². The number of amides is 2. The maximum atomic E-state index is 13.9. The lowest BCUT2D eigenvalue weighted by Gasteiger charge is -2.39. The maximum absolute atomic E-state index is 13.9. The van der Waals surface area contributed by atoms with E-state index < -0.39 is 16.3 Å². The van der Waals surface area contributed by atoms with Gasteiger partial charge in [0.05, 0.1) is 6.04 Å². The van der Waals surface area contributed by atoms with Crippen molar-refractivity contribution in [3.63, 3.8) is 0 Å². The number of thioether (sulfide) groups is 1. The number of hydrogen-bond acceptors (Lipinski definition) is 4. The van der Waals surface area contributed by atoms with Gasteiger partial charge in [0.2, 0.25) is 5.91 Å². The summed E-state index contributed by atoms with van der Waals surface area (Å²) in [6, 6.07) is 0.375. The van der Waals surface area contributed by atoms with Gasteiger partial charge >= 0.3 is 0 Å². The molecule has 0 aromatic carbocycles. The molecule has 2 aliphatic heterocycles. The summed E-state index contributed by atoms with van der Waals surface area (Å²) < 4.78 is 13.4. The Labute approximate surface area is 164 Å². The van der Waals surface area contributed by atoms with Gasteiger partial charge in [-0.1, -0.05) is 18.2 Å². The summed E-state index contributed by atoms with van der Waals surface area (Å²) in [5.74, 6) is 1.28. The molecule has 2 heterocycles. The summed E-state index contributed by atoms with van der Waals surface area (Å²) in [4.78, 5) is 31.4. The summed E-state index contributed by atoms with van der Waals surface area (Å²) in [5, 5.41) is 3.80. The zero-order valence-corrected chi connectivity index (χ0v) is 17.3. The number of nitrogens with one attached hydrogen (secondary N) is 1. The van der Waals surface area contributed by atoms with Crippen molar-refractivity contribution in [2.24, 2.45) is 22.7 Å². The van der Waals surface area contributed by atoms with Crippen LogP contribution in [0.1, 0.15) is 59.3 Å². The number of nitrogens with zero attached hydrogens (tertiary/aromatic N) is 2. The average Bonchev–Trinajstić information content (AvgIpc) is 3.29. The van der Waals surface area contributed by atoms with Crippen molar-refractivity contribution in [2.75, 3.05) is 13.1 Å². The zero-order valence-electron chi connectivity index (χ0n) is 16.5. The fourth-order valence-electron chi connectivity index (χ4n) is 5.35. The maximum Gasteiger partial charge on any atom is 0.259 e. The smallest absolute Gasteiger partial charge is 0.259 e. The number of carbonyl (C=O) groups is 2. The molecular formula is C20H30FN3O2S. The normalized spacial score (nSPS) is 38.7. The molecule has 150 valence electrons. The van der Waals surface area contributed by atoms with Crippen LogP contribution in [0.25, 0.3) is 0 Å². The van der Waals surface area contributed by atoms with E-state index in [-0.39, 0.29) is 11.8 Å². The Morgan fingerprint density at radius 2 is 1.96 bits per heavy atom. The fraction of sp³-hybridized carbons (Fsp3) is 0.850. The molecule has 0 spiro atoms. The van der Waals surface area contributed by atoms with Crippen LogP contribution in [-0.2, 0) is 9.59 Å². The van der Waals surface area contributed by atoms with Gasteiger partial charge in [0.15, 0.2) is 10.8 Å². The Kier molecular flexibility index (Phi) is 4.80. The van der Waals surface area contributed by atoms with Gasteiger partial charge in [-0.2, -0.15) is 0 Å². The molecule has 0 radical (unpaired) electrons. The van der Waals surface area contributed by atoms with Crippen molar-refractivity contribution in [3.8, 4) is 0 Å². The Balaban J connectivity index is 1.39. The minimum atomic E-state index is -1.84. The number of piperidine rings is 1. The number of rotatable bonds is 3. The molecule has 2 saturated heterocycles. The second kappa shape index (κ2) is 6.75. The molecule has 7 heteroatoms. The summed E-state index contributed by atoms with van der Waals surface area (Å²) in [6.07, 6.45) is 6.53. The van der Waals surface area contributed by atoms with Crippen LogP contribution in [0.4, 0.5) is 4.39 Å². The third kappa shape index (κ3) is 3.52. The highest BCUT2D eigenvalue weighted by Crippen LogP contribution is 2.48. The minimum absolute atomic E-state index is 0.0324. The molecule has 2 amide bonds. The van der Waals surface area contributed by atoms with Crippen LogP contribution in [0, 0.1) is 17.8 Å². The quantitative estimate of drug-likeness (QED) is 0.799. The molecule has 2 unspecified atom stereocenters. The number of halogens is 1. The molecule has 2 bridgehead atoms. The molecule has 4 aliphatic rings. The lowest BCUT2D eigenvalue weighted by Crippen LogP contribution is -2.50. The minimum Gasteiger partial charge on any atom is -0.340 e. The van der Waals surface area contributed by atoms with E-state index in [4.69, 9.17) is 4.99 Å². The standard InChI is InChI=1S/C20H30FN3O2S/c1-19(2,21)17(26)24-8-6-14(7-9-24)20(3)16(25)23-18(27-20)22-15-11-12-4-5-13(15)10-12/h12-15H,4-11H2,1-3H3,(H,22,23,25)/t12-,13?,15+,20?/m1/s1. The number of aliphatic imine (C=N–C) groups is 1. The summed E-state index contributed by atoms with van der Waals surface area (Å²) >= 11 is 1.57. The number of carbonyl (C=O) groups excluding carboxylic acids is 2. The number of amidine groups is 1. The van der Waals surface area contributed by atoms with Crippen LogP contribution >= 0.6 is 11.8 Å². The Morgan fingerprint density at radius 3 is 2.52 bits per heavy atom.